The molecular weight excluding hydrogens is 362 g/mol. The average molecular weight is 373 g/mol. The van der Waals surface area contributed by atoms with Gasteiger partial charge in [0, 0.05) is 21.3 Å². The van der Waals surface area contributed by atoms with Gasteiger partial charge in [0.05, 0.1) is 3.79 Å². The van der Waals surface area contributed by atoms with Crippen molar-refractivity contribution in [3.05, 3.63) is 54.6 Å². The first-order valence-electron chi connectivity index (χ1n) is 5.45. The molecule has 2 unspecified atom stereocenters. The minimum Gasteiger partial charge on any atom is -0.323 e. The SMILES string of the molecule is NC(c1cc(Br)c(Br)s1)C1Cc2ccccc21. The van der Waals surface area contributed by atoms with Crippen molar-refractivity contribution in [1.29, 1.82) is 0 Å². The number of fused-ring (bicyclic) bond motifs is 1. The van der Waals surface area contributed by atoms with Crippen LogP contribution in [-0.2, 0) is 6.42 Å². The summed E-state index contributed by atoms with van der Waals surface area (Å²) in [6.45, 7) is 0. The first-order chi connectivity index (χ1) is 8.16. The Morgan fingerprint density at radius 1 is 1.29 bits per heavy atom. The van der Waals surface area contributed by atoms with E-state index in [2.05, 4.69) is 62.2 Å². The van der Waals surface area contributed by atoms with E-state index < -0.39 is 0 Å². The molecule has 0 bridgehead atoms. The maximum atomic E-state index is 6.37. The summed E-state index contributed by atoms with van der Waals surface area (Å²) in [4.78, 5) is 1.24. The maximum Gasteiger partial charge on any atom is 0.0843 e. The number of nitrogens with two attached hydrogens (primary N) is 1. The number of rotatable bonds is 2. The smallest absolute Gasteiger partial charge is 0.0843 e. The van der Waals surface area contributed by atoms with Crippen molar-refractivity contribution < 1.29 is 0 Å². The zero-order valence-corrected chi connectivity index (χ0v) is 13.0. The molecule has 2 aromatic rings. The lowest BCUT2D eigenvalue weighted by Crippen LogP contribution is -2.28. The van der Waals surface area contributed by atoms with Gasteiger partial charge < -0.3 is 5.73 Å². The summed E-state index contributed by atoms with van der Waals surface area (Å²) in [5.41, 5.74) is 9.23. The normalized spacial score (nSPS) is 19.6. The molecule has 2 atom stereocenters. The van der Waals surface area contributed by atoms with Gasteiger partial charge in [0.15, 0.2) is 0 Å². The highest BCUT2D eigenvalue weighted by Gasteiger charge is 2.32. The zero-order valence-electron chi connectivity index (χ0n) is 8.99. The van der Waals surface area contributed by atoms with Gasteiger partial charge in [-0.05, 0) is 55.5 Å². The highest BCUT2D eigenvalue weighted by Crippen LogP contribution is 2.45. The van der Waals surface area contributed by atoms with Crippen LogP contribution in [0, 0.1) is 0 Å². The Kier molecular flexibility index (Phi) is 3.15. The predicted molar refractivity (Wildman–Crippen MR) is 79.5 cm³/mol. The van der Waals surface area contributed by atoms with Crippen molar-refractivity contribution in [1.82, 2.24) is 0 Å². The van der Waals surface area contributed by atoms with Gasteiger partial charge in [-0.2, -0.15) is 0 Å². The largest absolute Gasteiger partial charge is 0.323 e. The zero-order chi connectivity index (χ0) is 12.0. The summed E-state index contributed by atoms with van der Waals surface area (Å²) in [7, 11) is 0. The van der Waals surface area contributed by atoms with Crippen LogP contribution in [0.5, 0.6) is 0 Å². The van der Waals surface area contributed by atoms with Crippen LogP contribution >= 0.6 is 43.2 Å². The van der Waals surface area contributed by atoms with E-state index >= 15 is 0 Å². The van der Waals surface area contributed by atoms with Crippen molar-refractivity contribution in [3.8, 4) is 0 Å². The molecule has 1 heterocycles. The van der Waals surface area contributed by atoms with Crippen molar-refractivity contribution in [3.63, 3.8) is 0 Å². The quantitative estimate of drug-likeness (QED) is 0.818. The number of benzene rings is 1. The molecule has 0 saturated heterocycles. The monoisotopic (exact) mass is 371 g/mol. The third-order valence-electron chi connectivity index (χ3n) is 3.32. The van der Waals surface area contributed by atoms with Crippen molar-refractivity contribution in [2.24, 2.45) is 5.73 Å². The Hall–Kier alpha value is -0.160. The lowest BCUT2D eigenvalue weighted by Gasteiger charge is -2.34. The van der Waals surface area contributed by atoms with Gasteiger partial charge in [-0.15, -0.1) is 11.3 Å². The Morgan fingerprint density at radius 3 is 2.71 bits per heavy atom. The second-order valence-corrected chi connectivity index (χ2v) is 7.56. The Balaban J connectivity index is 1.88. The molecule has 88 valence electrons. The van der Waals surface area contributed by atoms with Gasteiger partial charge in [0.25, 0.3) is 0 Å². The predicted octanol–water partition coefficient (Wildman–Crippen LogP) is 4.61. The molecule has 4 heteroatoms. The van der Waals surface area contributed by atoms with E-state index in [1.165, 1.54) is 16.0 Å². The summed E-state index contributed by atoms with van der Waals surface area (Å²) < 4.78 is 2.22. The minimum atomic E-state index is 0.109. The second-order valence-electron chi connectivity index (χ2n) is 4.31. The van der Waals surface area contributed by atoms with Crippen molar-refractivity contribution in [2.75, 3.05) is 0 Å². The van der Waals surface area contributed by atoms with E-state index in [4.69, 9.17) is 5.73 Å². The van der Waals surface area contributed by atoms with Crippen LogP contribution in [0.15, 0.2) is 38.6 Å². The summed E-state index contributed by atoms with van der Waals surface area (Å²) in [5.74, 6) is 0.476. The van der Waals surface area contributed by atoms with Crippen LogP contribution in [-0.4, -0.2) is 0 Å². The van der Waals surface area contributed by atoms with E-state index in [0.717, 1.165) is 14.7 Å². The number of thiophene rings is 1. The highest BCUT2D eigenvalue weighted by atomic mass is 79.9. The fraction of sp³-hybridized carbons (Fsp3) is 0.231. The maximum absolute atomic E-state index is 6.37. The number of hydrogen-bond donors (Lipinski definition) is 1. The molecule has 0 spiro atoms. The molecule has 0 amide bonds. The fourth-order valence-corrected chi connectivity index (χ4v) is 4.50. The van der Waals surface area contributed by atoms with E-state index in [9.17, 15) is 0 Å². The van der Waals surface area contributed by atoms with Crippen LogP contribution in [0.25, 0.3) is 0 Å². The van der Waals surface area contributed by atoms with Gasteiger partial charge in [-0.1, -0.05) is 24.3 Å². The molecule has 0 radical (unpaired) electrons. The molecule has 0 fully saturated rings. The topological polar surface area (TPSA) is 26.0 Å². The first kappa shape index (κ1) is 11.9. The van der Waals surface area contributed by atoms with Crippen LogP contribution < -0.4 is 5.73 Å². The molecular formula is C13H11Br2NS. The molecule has 1 nitrogen and oxygen atoms in total. The third kappa shape index (κ3) is 2.01. The van der Waals surface area contributed by atoms with Gasteiger partial charge in [0.1, 0.15) is 0 Å². The molecule has 2 N–H and O–H groups in total. The van der Waals surface area contributed by atoms with Crippen LogP contribution in [0.1, 0.15) is 28.0 Å². The minimum absolute atomic E-state index is 0.109. The summed E-state index contributed by atoms with van der Waals surface area (Å²) in [6.07, 6.45) is 1.10. The lowest BCUT2D eigenvalue weighted by molar-refractivity contribution is 0.506. The Labute approximate surface area is 121 Å². The van der Waals surface area contributed by atoms with Crippen molar-refractivity contribution >= 4 is 43.2 Å². The standard InChI is InChI=1S/C13H11Br2NS/c14-10-6-11(17-13(10)15)12(16)9-5-7-3-1-2-4-8(7)9/h1-4,6,9,12H,5,16H2. The van der Waals surface area contributed by atoms with E-state index in [1.807, 2.05) is 0 Å². The lowest BCUT2D eigenvalue weighted by atomic mass is 9.73. The number of halogens is 2. The fourth-order valence-electron chi connectivity index (χ4n) is 2.34. The molecule has 0 aliphatic heterocycles. The third-order valence-corrected chi connectivity index (χ3v) is 6.68. The van der Waals surface area contributed by atoms with Gasteiger partial charge >= 0.3 is 0 Å². The molecule has 17 heavy (non-hydrogen) atoms. The average Bonchev–Trinajstić information content (AvgIpc) is 2.61. The van der Waals surface area contributed by atoms with Crippen molar-refractivity contribution in [2.45, 2.75) is 18.4 Å². The molecule has 3 rings (SSSR count). The summed E-state index contributed by atoms with van der Waals surface area (Å²) in [5, 5.41) is 0. The second kappa shape index (κ2) is 4.50. The van der Waals surface area contributed by atoms with E-state index in [0.29, 0.717) is 5.92 Å². The molecule has 1 aromatic heterocycles. The summed E-state index contributed by atoms with van der Waals surface area (Å²) >= 11 is 8.75. The highest BCUT2D eigenvalue weighted by molar-refractivity contribution is 9.13. The van der Waals surface area contributed by atoms with Crippen LogP contribution in [0.2, 0.25) is 0 Å². The summed E-state index contributed by atoms with van der Waals surface area (Å²) in [6, 6.07) is 10.8. The van der Waals surface area contributed by atoms with Crippen LogP contribution in [0.4, 0.5) is 0 Å². The molecule has 1 aliphatic carbocycles. The molecule has 1 aliphatic rings. The number of hydrogen-bond acceptors (Lipinski definition) is 2. The molecule has 0 saturated carbocycles. The van der Waals surface area contributed by atoms with Gasteiger partial charge in [-0.3, -0.25) is 0 Å². The first-order valence-corrected chi connectivity index (χ1v) is 7.85. The van der Waals surface area contributed by atoms with Gasteiger partial charge in [-0.25, -0.2) is 0 Å². The van der Waals surface area contributed by atoms with Gasteiger partial charge in [0.2, 0.25) is 0 Å². The van der Waals surface area contributed by atoms with E-state index in [1.54, 1.807) is 11.3 Å². The van der Waals surface area contributed by atoms with Crippen LogP contribution in [0.3, 0.4) is 0 Å². The Morgan fingerprint density at radius 2 is 2.06 bits per heavy atom. The van der Waals surface area contributed by atoms with E-state index in [-0.39, 0.29) is 6.04 Å². The Bertz CT molecular complexity index is 545. The molecule has 1 aromatic carbocycles.